The van der Waals surface area contributed by atoms with Gasteiger partial charge in [0.05, 0.1) is 0 Å². The number of pyridine rings is 2. The highest BCUT2D eigenvalue weighted by Gasteiger charge is 2.13. The first-order chi connectivity index (χ1) is 22.5. The van der Waals surface area contributed by atoms with Crippen LogP contribution in [0.15, 0.2) is 122 Å². The molecule has 2 N–H and O–H groups in total. The van der Waals surface area contributed by atoms with E-state index >= 15 is 0 Å². The molecule has 0 saturated carbocycles. The Morgan fingerprint density at radius 2 is 0.957 bits per heavy atom. The van der Waals surface area contributed by atoms with Gasteiger partial charge in [-0.3, -0.25) is 9.59 Å². The molecule has 0 atom stereocenters. The lowest BCUT2D eigenvalue weighted by molar-refractivity contribution is -0.672. The Labute approximate surface area is 270 Å². The number of carbonyl (C=O) groups excluding carboxylic acids is 2. The molecule has 4 aromatic carbocycles. The van der Waals surface area contributed by atoms with Crippen LogP contribution in [0.5, 0.6) is 0 Å². The van der Waals surface area contributed by atoms with Gasteiger partial charge in [0.15, 0.2) is 12.4 Å². The summed E-state index contributed by atoms with van der Waals surface area (Å²) in [6, 6.07) is 35.4. The second-order valence-corrected chi connectivity index (χ2v) is 11.7. The lowest BCUT2D eigenvalue weighted by Gasteiger charge is -2.09. The molecule has 0 fully saturated rings. The van der Waals surface area contributed by atoms with E-state index in [1.807, 2.05) is 72.8 Å². The van der Waals surface area contributed by atoms with E-state index in [9.17, 15) is 9.59 Å². The van der Waals surface area contributed by atoms with E-state index in [0.717, 1.165) is 83.1 Å². The number of carbonyl (C=O) groups is 2. The molecule has 0 spiro atoms. The van der Waals surface area contributed by atoms with Gasteiger partial charge in [0.25, 0.3) is 11.8 Å². The van der Waals surface area contributed by atoms with Crippen molar-refractivity contribution < 1.29 is 18.7 Å². The fraction of sp³-hybridized carbons (Fsp3) is 0.200. The van der Waals surface area contributed by atoms with Gasteiger partial charge >= 0.3 is 0 Å². The Morgan fingerprint density at radius 1 is 0.543 bits per heavy atom. The molecule has 6 aromatic rings. The van der Waals surface area contributed by atoms with E-state index in [4.69, 9.17) is 0 Å². The summed E-state index contributed by atoms with van der Waals surface area (Å²) in [5.74, 6) is -0.311. The number of rotatable bonds is 11. The fourth-order valence-electron chi connectivity index (χ4n) is 5.80. The van der Waals surface area contributed by atoms with Crippen LogP contribution in [0.2, 0.25) is 0 Å². The molecule has 6 nitrogen and oxygen atoms in total. The lowest BCUT2D eigenvalue weighted by atomic mass is 10.0. The van der Waals surface area contributed by atoms with Crippen LogP contribution in [-0.2, 0) is 13.1 Å². The van der Waals surface area contributed by atoms with E-state index in [1.165, 1.54) is 0 Å². The van der Waals surface area contributed by atoms with Gasteiger partial charge in [-0.05, 0) is 71.8 Å². The first-order valence-electron chi connectivity index (χ1n) is 16.2. The molecule has 0 saturated heterocycles. The Hall–Kier alpha value is -5.36. The number of benzene rings is 4. The minimum Gasteiger partial charge on any atom is -0.322 e. The zero-order valence-electron chi connectivity index (χ0n) is 26.5. The summed E-state index contributed by atoms with van der Waals surface area (Å²) < 4.78 is 4.52. The van der Waals surface area contributed by atoms with E-state index in [0.29, 0.717) is 11.1 Å². The quantitative estimate of drug-likeness (QED) is 0.145. The first-order valence-corrected chi connectivity index (χ1v) is 16.2. The van der Waals surface area contributed by atoms with Gasteiger partial charge in [-0.2, -0.15) is 9.13 Å². The molecule has 2 aromatic heterocycles. The van der Waals surface area contributed by atoms with E-state index in [-0.39, 0.29) is 11.8 Å². The summed E-state index contributed by atoms with van der Waals surface area (Å²) in [6.45, 7) is 6.34. The lowest BCUT2D eigenvalue weighted by Crippen LogP contribution is -2.33. The summed E-state index contributed by atoms with van der Waals surface area (Å²) >= 11 is 0. The molecule has 0 aliphatic carbocycles. The molecule has 6 rings (SSSR count). The number of nitrogens with one attached hydrogen (secondary N) is 2. The van der Waals surface area contributed by atoms with Crippen LogP contribution in [-0.4, -0.2) is 11.8 Å². The maximum Gasteiger partial charge on any atom is 0.255 e. The Balaban J connectivity index is 1.09. The molecule has 0 aliphatic heterocycles. The molecule has 230 valence electrons. The Bertz CT molecular complexity index is 1850. The number of aromatic nitrogens is 2. The SMILES string of the molecule is CCCC[n+]1cccc2cc(NC(=O)c3ccc(-c4ccc(C(=O)Nc5ccc6c(ccc[n+]6CCCC)c5)cc4)cc3)ccc21. The highest BCUT2D eigenvalue weighted by molar-refractivity contribution is 6.06. The highest BCUT2D eigenvalue weighted by atomic mass is 16.2. The van der Waals surface area contributed by atoms with E-state index in [2.05, 4.69) is 82.4 Å². The van der Waals surface area contributed by atoms with Crippen molar-refractivity contribution in [1.29, 1.82) is 0 Å². The van der Waals surface area contributed by atoms with Crippen molar-refractivity contribution in [2.24, 2.45) is 0 Å². The zero-order chi connectivity index (χ0) is 31.9. The third-order valence-electron chi connectivity index (χ3n) is 8.41. The van der Waals surface area contributed by atoms with Crippen molar-refractivity contribution in [2.75, 3.05) is 10.6 Å². The number of nitrogens with zero attached hydrogens (tertiary/aromatic N) is 2. The summed E-state index contributed by atoms with van der Waals surface area (Å²) in [4.78, 5) is 26.1. The summed E-state index contributed by atoms with van der Waals surface area (Å²) in [5, 5.41) is 8.27. The van der Waals surface area contributed by atoms with Gasteiger partial charge in [-0.15, -0.1) is 0 Å². The maximum atomic E-state index is 13.0. The zero-order valence-corrected chi connectivity index (χ0v) is 26.5. The number of hydrogen-bond donors (Lipinski definition) is 2. The summed E-state index contributed by atoms with van der Waals surface area (Å²) in [7, 11) is 0. The van der Waals surface area contributed by atoms with Crippen molar-refractivity contribution in [3.05, 3.63) is 133 Å². The average Bonchev–Trinajstić information content (AvgIpc) is 3.09. The van der Waals surface area contributed by atoms with Crippen LogP contribution in [0.1, 0.15) is 60.2 Å². The molecule has 0 aliphatic rings. The average molecular weight is 609 g/mol. The van der Waals surface area contributed by atoms with E-state index in [1.54, 1.807) is 0 Å². The number of fused-ring (bicyclic) bond motifs is 2. The van der Waals surface area contributed by atoms with Crippen LogP contribution < -0.4 is 19.8 Å². The van der Waals surface area contributed by atoms with Crippen LogP contribution >= 0.6 is 0 Å². The normalized spacial score (nSPS) is 11.1. The second-order valence-electron chi connectivity index (χ2n) is 11.7. The van der Waals surface area contributed by atoms with Crippen LogP contribution in [0.4, 0.5) is 11.4 Å². The third-order valence-corrected chi connectivity index (χ3v) is 8.41. The van der Waals surface area contributed by atoms with Crippen molar-refractivity contribution in [1.82, 2.24) is 0 Å². The molecule has 6 heteroatoms. The predicted molar refractivity (Wildman–Crippen MR) is 186 cm³/mol. The molecule has 46 heavy (non-hydrogen) atoms. The Kier molecular flexibility index (Phi) is 9.44. The summed E-state index contributed by atoms with van der Waals surface area (Å²) in [5.41, 5.74) is 6.95. The number of anilines is 2. The van der Waals surface area contributed by atoms with Gasteiger partial charge in [0.2, 0.25) is 11.0 Å². The van der Waals surface area contributed by atoms with Gasteiger partial charge in [-0.25, -0.2) is 0 Å². The smallest absolute Gasteiger partial charge is 0.255 e. The number of aryl methyl sites for hydroxylation is 2. The monoisotopic (exact) mass is 608 g/mol. The van der Waals surface area contributed by atoms with Crippen LogP contribution in [0.25, 0.3) is 32.9 Å². The highest BCUT2D eigenvalue weighted by Crippen LogP contribution is 2.23. The molecule has 2 amide bonds. The molecule has 2 heterocycles. The molecular formula is C40H40N4O2+2. The number of amides is 2. The molecular weight excluding hydrogens is 568 g/mol. The van der Waals surface area contributed by atoms with Crippen molar-refractivity contribution in [3.8, 4) is 11.1 Å². The molecule has 0 radical (unpaired) electrons. The minimum atomic E-state index is -0.155. The van der Waals surface area contributed by atoms with Crippen LogP contribution in [0.3, 0.4) is 0 Å². The van der Waals surface area contributed by atoms with Gasteiger partial charge in [-0.1, -0.05) is 51.0 Å². The standard InChI is InChI=1S/C40H38N4O2/c1-3-5-23-43-25-7-9-33-27-35(19-21-37(33)43)41-39(45)31-15-11-29(12-16-31)30-13-17-32(18-14-30)40(46)42-36-20-22-38-34(28-36)10-8-26-44(38)24-6-4-2/h7-22,25-28H,3-6,23-24H2,1-2H3/p+2. The maximum absolute atomic E-state index is 13.0. The predicted octanol–water partition coefficient (Wildman–Crippen LogP) is 8.34. The third kappa shape index (κ3) is 6.97. The molecule has 0 unspecified atom stereocenters. The van der Waals surface area contributed by atoms with Gasteiger partial charge in [0.1, 0.15) is 13.1 Å². The molecule has 0 bridgehead atoms. The Morgan fingerprint density at radius 3 is 1.35 bits per heavy atom. The van der Waals surface area contributed by atoms with Gasteiger partial charge in [0, 0.05) is 70.4 Å². The van der Waals surface area contributed by atoms with Crippen molar-refractivity contribution in [3.63, 3.8) is 0 Å². The number of hydrogen-bond acceptors (Lipinski definition) is 2. The summed E-state index contributed by atoms with van der Waals surface area (Å²) in [6.07, 6.45) is 8.76. The second kappa shape index (κ2) is 14.2. The largest absolute Gasteiger partial charge is 0.322 e. The van der Waals surface area contributed by atoms with Crippen molar-refractivity contribution >= 4 is 45.0 Å². The fourth-order valence-corrected chi connectivity index (χ4v) is 5.80. The van der Waals surface area contributed by atoms with Crippen LogP contribution in [0, 0.1) is 0 Å². The topological polar surface area (TPSA) is 66.0 Å². The van der Waals surface area contributed by atoms with Crippen molar-refractivity contribution in [2.45, 2.75) is 52.6 Å². The van der Waals surface area contributed by atoms with E-state index < -0.39 is 0 Å². The van der Waals surface area contributed by atoms with Gasteiger partial charge < -0.3 is 10.6 Å². The minimum absolute atomic E-state index is 0.155. The number of unbranched alkanes of at least 4 members (excludes halogenated alkanes) is 2. The first kappa shape index (κ1) is 30.7.